The fourth-order valence-corrected chi connectivity index (χ4v) is 3.69. The van der Waals surface area contributed by atoms with Gasteiger partial charge in [0.1, 0.15) is 0 Å². The van der Waals surface area contributed by atoms with Gasteiger partial charge in [0, 0.05) is 18.1 Å². The first-order valence-corrected chi connectivity index (χ1v) is 8.52. The molecule has 126 valence electrons. The van der Waals surface area contributed by atoms with E-state index in [1.807, 2.05) is 11.8 Å². The molecule has 2 rings (SSSR count). The molecule has 0 unspecified atom stereocenters. The summed E-state index contributed by atoms with van der Waals surface area (Å²) in [5.74, 6) is -0.174. The first-order valence-electron chi connectivity index (χ1n) is 8.52. The van der Waals surface area contributed by atoms with Gasteiger partial charge in [-0.2, -0.15) is 0 Å². The van der Waals surface area contributed by atoms with Crippen LogP contribution in [0.25, 0.3) is 0 Å². The SMILES string of the molecule is CCN(CC(=O)O)C1CC(NC(=O)N[C@H](C)C2CCCC2)C1. The van der Waals surface area contributed by atoms with Gasteiger partial charge in [-0.15, -0.1) is 0 Å². The number of amides is 2. The molecule has 0 saturated heterocycles. The highest BCUT2D eigenvalue weighted by atomic mass is 16.4. The van der Waals surface area contributed by atoms with Crippen LogP contribution in [0.3, 0.4) is 0 Å². The molecule has 0 aromatic carbocycles. The number of urea groups is 1. The van der Waals surface area contributed by atoms with Gasteiger partial charge in [-0.3, -0.25) is 9.69 Å². The molecule has 2 fully saturated rings. The van der Waals surface area contributed by atoms with Crippen molar-refractivity contribution in [1.82, 2.24) is 15.5 Å². The van der Waals surface area contributed by atoms with Crippen LogP contribution in [0.1, 0.15) is 52.4 Å². The van der Waals surface area contributed by atoms with Gasteiger partial charge in [-0.25, -0.2) is 4.79 Å². The van der Waals surface area contributed by atoms with Crippen LogP contribution in [0.15, 0.2) is 0 Å². The molecule has 0 heterocycles. The molecule has 2 amide bonds. The molecule has 6 heteroatoms. The highest BCUT2D eigenvalue weighted by Gasteiger charge is 2.35. The van der Waals surface area contributed by atoms with Gasteiger partial charge in [-0.05, 0) is 45.1 Å². The fourth-order valence-electron chi connectivity index (χ4n) is 3.69. The maximum absolute atomic E-state index is 12.0. The van der Waals surface area contributed by atoms with E-state index in [0.29, 0.717) is 5.92 Å². The Morgan fingerprint density at radius 3 is 2.45 bits per heavy atom. The Morgan fingerprint density at radius 2 is 1.91 bits per heavy atom. The monoisotopic (exact) mass is 311 g/mol. The van der Waals surface area contributed by atoms with E-state index in [-0.39, 0.29) is 30.7 Å². The summed E-state index contributed by atoms with van der Waals surface area (Å²) in [5.41, 5.74) is 0. The second-order valence-electron chi connectivity index (χ2n) is 6.73. The van der Waals surface area contributed by atoms with E-state index >= 15 is 0 Å². The summed E-state index contributed by atoms with van der Waals surface area (Å²) in [4.78, 5) is 24.8. The number of rotatable bonds is 7. The molecule has 0 aliphatic heterocycles. The van der Waals surface area contributed by atoms with Crippen molar-refractivity contribution in [2.24, 2.45) is 5.92 Å². The topological polar surface area (TPSA) is 81.7 Å². The smallest absolute Gasteiger partial charge is 0.317 e. The lowest BCUT2D eigenvalue weighted by Crippen LogP contribution is -2.57. The number of likely N-dealkylation sites (N-methyl/N-ethyl adjacent to an activating group) is 1. The Balaban J connectivity index is 1.66. The standard InChI is InChI=1S/C16H29N3O3/c1-3-19(10-15(20)21)14-8-13(9-14)18-16(22)17-11(2)12-6-4-5-7-12/h11-14H,3-10H2,1-2H3,(H,20,21)(H2,17,18,22)/t11-,13?,14?/m1/s1. The van der Waals surface area contributed by atoms with Gasteiger partial charge in [-0.1, -0.05) is 19.8 Å². The average Bonchev–Trinajstić information content (AvgIpc) is 2.94. The molecule has 0 radical (unpaired) electrons. The van der Waals surface area contributed by atoms with Crippen molar-refractivity contribution in [2.75, 3.05) is 13.1 Å². The van der Waals surface area contributed by atoms with Crippen LogP contribution in [0.4, 0.5) is 4.79 Å². The lowest BCUT2D eigenvalue weighted by atomic mass is 9.85. The highest BCUT2D eigenvalue weighted by molar-refractivity contribution is 5.74. The molecule has 0 aromatic rings. The molecule has 0 spiro atoms. The number of nitrogens with one attached hydrogen (secondary N) is 2. The lowest BCUT2D eigenvalue weighted by molar-refractivity contribution is -0.139. The van der Waals surface area contributed by atoms with Crippen molar-refractivity contribution < 1.29 is 14.7 Å². The van der Waals surface area contributed by atoms with E-state index < -0.39 is 5.97 Å². The number of carboxylic acid groups (broad SMARTS) is 1. The van der Waals surface area contributed by atoms with E-state index in [4.69, 9.17) is 5.11 Å². The summed E-state index contributed by atoms with van der Waals surface area (Å²) in [5, 5.41) is 14.9. The minimum Gasteiger partial charge on any atom is -0.480 e. The second kappa shape index (κ2) is 7.81. The minimum atomic E-state index is -0.790. The van der Waals surface area contributed by atoms with E-state index in [1.165, 1.54) is 25.7 Å². The first-order chi connectivity index (χ1) is 10.5. The molecule has 2 saturated carbocycles. The Kier molecular flexibility index (Phi) is 6.06. The van der Waals surface area contributed by atoms with Crippen molar-refractivity contribution in [1.29, 1.82) is 0 Å². The average molecular weight is 311 g/mol. The molecular weight excluding hydrogens is 282 g/mol. The highest BCUT2D eigenvalue weighted by Crippen LogP contribution is 2.28. The quantitative estimate of drug-likeness (QED) is 0.669. The molecule has 3 N–H and O–H groups in total. The third-order valence-corrected chi connectivity index (χ3v) is 5.18. The number of hydrogen-bond acceptors (Lipinski definition) is 3. The van der Waals surface area contributed by atoms with Gasteiger partial charge >= 0.3 is 12.0 Å². The third-order valence-electron chi connectivity index (χ3n) is 5.18. The zero-order valence-corrected chi connectivity index (χ0v) is 13.7. The largest absolute Gasteiger partial charge is 0.480 e. The van der Waals surface area contributed by atoms with Crippen LogP contribution in [0, 0.1) is 5.92 Å². The van der Waals surface area contributed by atoms with Crippen molar-refractivity contribution in [3.05, 3.63) is 0 Å². The zero-order chi connectivity index (χ0) is 16.1. The first kappa shape index (κ1) is 17.1. The molecule has 22 heavy (non-hydrogen) atoms. The van der Waals surface area contributed by atoms with E-state index in [2.05, 4.69) is 17.6 Å². The lowest BCUT2D eigenvalue weighted by Gasteiger charge is -2.42. The van der Waals surface area contributed by atoms with Gasteiger partial charge in [0.25, 0.3) is 0 Å². The van der Waals surface area contributed by atoms with Gasteiger partial charge in [0.15, 0.2) is 0 Å². The maximum atomic E-state index is 12.0. The Bertz CT molecular complexity index is 390. The summed E-state index contributed by atoms with van der Waals surface area (Å²) in [7, 11) is 0. The normalized spacial score (nSPS) is 26.5. The fraction of sp³-hybridized carbons (Fsp3) is 0.875. The van der Waals surface area contributed by atoms with Crippen molar-refractivity contribution in [3.63, 3.8) is 0 Å². The van der Waals surface area contributed by atoms with E-state index in [9.17, 15) is 9.59 Å². The number of carbonyl (C=O) groups is 2. The summed E-state index contributed by atoms with van der Waals surface area (Å²) in [6, 6.07) is 0.601. The second-order valence-corrected chi connectivity index (χ2v) is 6.73. The number of nitrogens with zero attached hydrogens (tertiary/aromatic N) is 1. The summed E-state index contributed by atoms with van der Waals surface area (Å²) in [6.07, 6.45) is 6.66. The molecule has 2 aliphatic rings. The molecule has 1 atom stereocenters. The molecule has 0 aromatic heterocycles. The summed E-state index contributed by atoms with van der Waals surface area (Å²) >= 11 is 0. The Labute approximate surface area is 132 Å². The van der Waals surface area contributed by atoms with Crippen LogP contribution in [0.2, 0.25) is 0 Å². The van der Waals surface area contributed by atoms with Crippen molar-refractivity contribution in [3.8, 4) is 0 Å². The van der Waals surface area contributed by atoms with Crippen LogP contribution >= 0.6 is 0 Å². The predicted octanol–water partition coefficient (Wildman–Crippen LogP) is 1.80. The zero-order valence-electron chi connectivity index (χ0n) is 13.7. The third kappa shape index (κ3) is 4.60. The van der Waals surface area contributed by atoms with Gasteiger partial charge in [0.05, 0.1) is 6.54 Å². The van der Waals surface area contributed by atoms with Crippen LogP contribution in [-0.2, 0) is 4.79 Å². The molecule has 2 aliphatic carbocycles. The number of carboxylic acids is 1. The molecule has 0 bridgehead atoms. The summed E-state index contributed by atoms with van der Waals surface area (Å²) in [6.45, 7) is 4.87. The van der Waals surface area contributed by atoms with Crippen LogP contribution < -0.4 is 10.6 Å². The molecule has 6 nitrogen and oxygen atoms in total. The van der Waals surface area contributed by atoms with E-state index in [1.54, 1.807) is 0 Å². The van der Waals surface area contributed by atoms with Crippen molar-refractivity contribution >= 4 is 12.0 Å². The van der Waals surface area contributed by atoms with Gasteiger partial charge < -0.3 is 15.7 Å². The number of hydrogen-bond donors (Lipinski definition) is 3. The maximum Gasteiger partial charge on any atom is 0.317 e. The Morgan fingerprint density at radius 1 is 1.27 bits per heavy atom. The van der Waals surface area contributed by atoms with E-state index in [0.717, 1.165) is 19.4 Å². The van der Waals surface area contributed by atoms with Crippen LogP contribution in [0.5, 0.6) is 0 Å². The Hall–Kier alpha value is -1.30. The van der Waals surface area contributed by atoms with Gasteiger partial charge in [0.2, 0.25) is 0 Å². The van der Waals surface area contributed by atoms with Crippen molar-refractivity contribution in [2.45, 2.75) is 70.5 Å². The minimum absolute atomic E-state index is 0.0795. The summed E-state index contributed by atoms with van der Waals surface area (Å²) < 4.78 is 0. The predicted molar refractivity (Wildman–Crippen MR) is 84.8 cm³/mol. The molecular formula is C16H29N3O3. The number of carbonyl (C=O) groups excluding carboxylic acids is 1. The number of aliphatic carboxylic acids is 1. The van der Waals surface area contributed by atoms with Crippen LogP contribution in [-0.4, -0.2) is 53.2 Å².